The average Bonchev–Trinajstić information content (AvgIpc) is 2.33. The molecule has 1 aromatic carbocycles. The van der Waals surface area contributed by atoms with Crippen LogP contribution < -0.4 is 5.32 Å². The fraction of sp³-hybridized carbons (Fsp3) is 0.182. The van der Waals surface area contributed by atoms with Crippen molar-refractivity contribution in [2.24, 2.45) is 0 Å². The Labute approximate surface area is 111 Å². The third-order valence-corrected chi connectivity index (χ3v) is 2.31. The summed E-state index contributed by atoms with van der Waals surface area (Å²) in [6.07, 6.45) is -0.836. The van der Waals surface area contributed by atoms with Crippen LogP contribution in [-0.2, 0) is 9.59 Å². The van der Waals surface area contributed by atoms with Gasteiger partial charge in [0.25, 0.3) is 5.91 Å². The Bertz CT molecular complexity index is 545. The van der Waals surface area contributed by atoms with E-state index in [1.807, 2.05) is 5.32 Å². The molecule has 0 radical (unpaired) electrons. The summed E-state index contributed by atoms with van der Waals surface area (Å²) in [6, 6.07) is -0.0770. The number of aliphatic carboxylic acids is 2. The third-order valence-electron chi connectivity index (χ3n) is 2.31. The highest BCUT2D eigenvalue weighted by Gasteiger charge is 2.24. The van der Waals surface area contributed by atoms with Crippen LogP contribution in [0.25, 0.3) is 0 Å². The number of carboxylic acids is 2. The molecule has 0 aromatic heterocycles. The van der Waals surface area contributed by atoms with Crippen molar-refractivity contribution in [2.75, 3.05) is 0 Å². The smallest absolute Gasteiger partial charge is 0.326 e. The van der Waals surface area contributed by atoms with Gasteiger partial charge in [-0.05, 0) is 12.1 Å². The highest BCUT2D eigenvalue weighted by molar-refractivity contribution is 5.98. The predicted octanol–water partition coefficient (Wildman–Crippen LogP) is -0.539. The molecule has 1 rings (SSSR count). The van der Waals surface area contributed by atoms with E-state index < -0.39 is 47.6 Å². The molecule has 1 amide bonds. The second kappa shape index (κ2) is 5.78. The van der Waals surface area contributed by atoms with E-state index in [0.29, 0.717) is 0 Å². The largest absolute Gasteiger partial charge is 0.504 e. The molecule has 0 bridgehead atoms. The van der Waals surface area contributed by atoms with Gasteiger partial charge in [0.1, 0.15) is 6.04 Å². The first-order valence-electron chi connectivity index (χ1n) is 5.22. The molecule has 20 heavy (non-hydrogen) atoms. The van der Waals surface area contributed by atoms with Gasteiger partial charge >= 0.3 is 11.9 Å². The topological polar surface area (TPSA) is 164 Å². The minimum atomic E-state index is -1.67. The summed E-state index contributed by atoms with van der Waals surface area (Å²) in [5.41, 5.74) is -0.338. The van der Waals surface area contributed by atoms with Crippen molar-refractivity contribution in [3.63, 3.8) is 0 Å². The molecule has 6 N–H and O–H groups in total. The number of rotatable bonds is 5. The molecule has 0 saturated heterocycles. The maximum Gasteiger partial charge on any atom is 0.326 e. The number of hydrogen-bond acceptors (Lipinski definition) is 6. The van der Waals surface area contributed by atoms with Gasteiger partial charge in [0.2, 0.25) is 0 Å². The summed E-state index contributed by atoms with van der Waals surface area (Å²) < 4.78 is 0. The highest BCUT2D eigenvalue weighted by Crippen LogP contribution is 2.35. The molecule has 9 nitrogen and oxygen atoms in total. The number of carbonyl (C=O) groups is 3. The lowest BCUT2D eigenvalue weighted by atomic mass is 10.1. The molecule has 0 aliphatic rings. The number of benzene rings is 1. The van der Waals surface area contributed by atoms with Crippen LogP contribution >= 0.6 is 0 Å². The molecule has 1 atom stereocenters. The summed E-state index contributed by atoms with van der Waals surface area (Å²) >= 11 is 0. The van der Waals surface area contributed by atoms with Crippen LogP contribution in [0.4, 0.5) is 0 Å². The van der Waals surface area contributed by atoms with Crippen LogP contribution in [0.2, 0.25) is 0 Å². The van der Waals surface area contributed by atoms with Crippen molar-refractivity contribution >= 4 is 17.8 Å². The molecule has 0 spiro atoms. The fourth-order valence-electron chi connectivity index (χ4n) is 1.35. The second-order valence-corrected chi connectivity index (χ2v) is 3.83. The Balaban J connectivity index is 2.95. The second-order valence-electron chi connectivity index (χ2n) is 3.83. The number of amides is 1. The van der Waals surface area contributed by atoms with E-state index in [1.165, 1.54) is 0 Å². The zero-order valence-electron chi connectivity index (χ0n) is 9.90. The van der Waals surface area contributed by atoms with Gasteiger partial charge in [-0.15, -0.1) is 0 Å². The average molecular weight is 285 g/mol. The van der Waals surface area contributed by atoms with Gasteiger partial charge in [-0.2, -0.15) is 0 Å². The van der Waals surface area contributed by atoms with E-state index in [0.717, 1.165) is 12.1 Å². The summed E-state index contributed by atoms with van der Waals surface area (Å²) in [5.74, 6) is -6.38. The predicted molar refractivity (Wildman–Crippen MR) is 62.6 cm³/mol. The number of carboxylic acid groups (broad SMARTS) is 2. The van der Waals surface area contributed by atoms with Crippen LogP contribution in [-0.4, -0.2) is 49.4 Å². The van der Waals surface area contributed by atoms with Crippen LogP contribution in [0.3, 0.4) is 0 Å². The Morgan fingerprint density at radius 2 is 1.55 bits per heavy atom. The normalized spacial score (nSPS) is 11.6. The Hall–Kier alpha value is -2.97. The van der Waals surface area contributed by atoms with E-state index in [2.05, 4.69) is 0 Å². The first-order chi connectivity index (χ1) is 9.22. The summed E-state index contributed by atoms with van der Waals surface area (Å²) in [7, 11) is 0. The highest BCUT2D eigenvalue weighted by atomic mass is 16.4. The maximum atomic E-state index is 11.7. The quantitative estimate of drug-likeness (QED) is 0.392. The summed E-state index contributed by atoms with van der Waals surface area (Å²) in [5, 5.41) is 46.7. The number of phenolic OH excluding ortho intramolecular Hbond substituents is 3. The van der Waals surface area contributed by atoms with Gasteiger partial charge < -0.3 is 30.8 Å². The number of carbonyl (C=O) groups excluding carboxylic acids is 1. The zero-order chi connectivity index (χ0) is 15.4. The van der Waals surface area contributed by atoms with Crippen LogP contribution in [0.15, 0.2) is 12.1 Å². The fourth-order valence-corrected chi connectivity index (χ4v) is 1.35. The van der Waals surface area contributed by atoms with E-state index in [9.17, 15) is 24.6 Å². The van der Waals surface area contributed by atoms with Gasteiger partial charge in [0, 0.05) is 5.56 Å². The van der Waals surface area contributed by atoms with Crippen molar-refractivity contribution in [3.8, 4) is 17.2 Å². The molecule has 0 heterocycles. The summed E-state index contributed by atoms with van der Waals surface area (Å²) in [6.45, 7) is 0. The first-order valence-corrected chi connectivity index (χ1v) is 5.22. The third kappa shape index (κ3) is 3.51. The molecule has 108 valence electrons. The van der Waals surface area contributed by atoms with Crippen molar-refractivity contribution in [1.29, 1.82) is 0 Å². The monoisotopic (exact) mass is 285 g/mol. The number of aromatic hydroxyl groups is 3. The molecule has 0 fully saturated rings. The number of hydrogen-bond donors (Lipinski definition) is 6. The molecule has 9 heteroatoms. The van der Waals surface area contributed by atoms with Gasteiger partial charge in [-0.1, -0.05) is 0 Å². The van der Waals surface area contributed by atoms with Crippen LogP contribution in [0.5, 0.6) is 17.2 Å². The maximum absolute atomic E-state index is 11.7. The minimum absolute atomic E-state index is 0.338. The van der Waals surface area contributed by atoms with Gasteiger partial charge in [-0.25, -0.2) is 4.79 Å². The van der Waals surface area contributed by atoms with Crippen molar-refractivity contribution in [1.82, 2.24) is 5.32 Å². The SMILES string of the molecule is O=C(O)CC(NC(=O)c1cc(O)c(O)c(O)c1)C(=O)O. The molecule has 0 saturated carbocycles. The number of nitrogens with one attached hydrogen (secondary N) is 1. The minimum Gasteiger partial charge on any atom is -0.504 e. The first kappa shape index (κ1) is 15.1. The lowest BCUT2D eigenvalue weighted by Gasteiger charge is -2.13. The van der Waals surface area contributed by atoms with Crippen molar-refractivity contribution in [3.05, 3.63) is 17.7 Å². The molecular formula is C11H11NO8. The van der Waals surface area contributed by atoms with Gasteiger partial charge in [0.15, 0.2) is 17.2 Å². The number of phenols is 3. The van der Waals surface area contributed by atoms with E-state index in [1.54, 1.807) is 0 Å². The van der Waals surface area contributed by atoms with E-state index >= 15 is 0 Å². The molecule has 0 aliphatic carbocycles. The van der Waals surface area contributed by atoms with Crippen molar-refractivity contribution < 1.29 is 39.9 Å². The zero-order valence-corrected chi connectivity index (χ0v) is 9.90. The summed E-state index contributed by atoms with van der Waals surface area (Å²) in [4.78, 5) is 32.9. The van der Waals surface area contributed by atoms with Crippen LogP contribution in [0.1, 0.15) is 16.8 Å². The molecule has 0 aliphatic heterocycles. The molecule has 1 aromatic rings. The Kier molecular flexibility index (Phi) is 4.36. The van der Waals surface area contributed by atoms with E-state index in [-0.39, 0.29) is 5.56 Å². The molecular weight excluding hydrogens is 274 g/mol. The molecule has 1 unspecified atom stereocenters. The van der Waals surface area contributed by atoms with E-state index in [4.69, 9.17) is 15.3 Å². The lowest BCUT2D eigenvalue weighted by molar-refractivity contribution is -0.145. The standard InChI is InChI=1S/C11H11NO8/c13-6-1-4(2-7(14)9(6)17)10(18)12-5(11(19)20)3-8(15)16/h1-2,5,13-14,17H,3H2,(H,12,18)(H,15,16)(H,19,20). The Morgan fingerprint density at radius 3 is 1.95 bits per heavy atom. The van der Waals surface area contributed by atoms with Gasteiger partial charge in [-0.3, -0.25) is 9.59 Å². The van der Waals surface area contributed by atoms with Crippen LogP contribution in [0, 0.1) is 0 Å². The van der Waals surface area contributed by atoms with Gasteiger partial charge in [0.05, 0.1) is 6.42 Å². The lowest BCUT2D eigenvalue weighted by Crippen LogP contribution is -2.42. The van der Waals surface area contributed by atoms with Crippen molar-refractivity contribution in [2.45, 2.75) is 12.5 Å². The Morgan fingerprint density at radius 1 is 1.05 bits per heavy atom.